The Morgan fingerprint density at radius 1 is 1.58 bits per heavy atom. The van der Waals surface area contributed by atoms with E-state index in [0.717, 1.165) is 6.26 Å². The van der Waals surface area contributed by atoms with Crippen LogP contribution in [0.1, 0.15) is 0 Å². The van der Waals surface area contributed by atoms with E-state index >= 15 is 0 Å². The number of hydrogen-bond donors (Lipinski definition) is 1. The van der Waals surface area contributed by atoms with Crippen LogP contribution in [0, 0.1) is 0 Å². The lowest BCUT2D eigenvalue weighted by atomic mass is 10.2. The fourth-order valence-corrected chi connectivity index (χ4v) is 0.922. The highest BCUT2D eigenvalue weighted by atomic mass is 127. The SMILES string of the molecule is COC(C=O)=CC(=CO)/C=C/I. The molecule has 0 aromatic heterocycles. The number of carbonyl (C=O) groups is 1. The van der Waals surface area contributed by atoms with Crippen LogP contribution in [0.5, 0.6) is 0 Å². The molecule has 0 aromatic rings. The van der Waals surface area contributed by atoms with Crippen molar-refractivity contribution in [2.24, 2.45) is 0 Å². The Balaban J connectivity index is 4.55. The lowest BCUT2D eigenvalue weighted by Gasteiger charge is -1.96. The molecule has 0 rings (SSSR count). The molecule has 4 heteroatoms. The summed E-state index contributed by atoms with van der Waals surface area (Å²) in [5.41, 5.74) is 0.508. The zero-order chi connectivity index (χ0) is 9.40. The summed E-state index contributed by atoms with van der Waals surface area (Å²) in [6.45, 7) is 0. The van der Waals surface area contributed by atoms with Crippen LogP contribution in [0.3, 0.4) is 0 Å². The first kappa shape index (κ1) is 11.2. The van der Waals surface area contributed by atoms with Crippen molar-refractivity contribution in [1.29, 1.82) is 0 Å². The molecule has 0 amide bonds. The van der Waals surface area contributed by atoms with Crippen LogP contribution in [0.2, 0.25) is 0 Å². The molecule has 0 saturated heterocycles. The van der Waals surface area contributed by atoms with Crippen LogP contribution < -0.4 is 0 Å². The van der Waals surface area contributed by atoms with Crippen molar-refractivity contribution in [3.8, 4) is 0 Å². The fourth-order valence-electron chi connectivity index (χ4n) is 0.506. The van der Waals surface area contributed by atoms with Crippen molar-refractivity contribution in [3.63, 3.8) is 0 Å². The number of rotatable bonds is 4. The second kappa shape index (κ2) is 6.90. The van der Waals surface area contributed by atoms with Crippen LogP contribution in [-0.4, -0.2) is 18.5 Å². The number of aliphatic hydroxyl groups is 1. The number of ether oxygens (including phenoxy) is 1. The van der Waals surface area contributed by atoms with E-state index in [9.17, 15) is 4.79 Å². The number of hydrogen-bond acceptors (Lipinski definition) is 3. The normalized spacial score (nSPS) is 13.5. The molecule has 0 radical (unpaired) electrons. The summed E-state index contributed by atoms with van der Waals surface area (Å²) in [6.07, 6.45) is 4.55. The van der Waals surface area contributed by atoms with Crippen molar-refractivity contribution in [1.82, 2.24) is 0 Å². The summed E-state index contributed by atoms with van der Waals surface area (Å²) in [5.74, 6) is 0.171. The summed E-state index contributed by atoms with van der Waals surface area (Å²) in [7, 11) is 1.39. The van der Waals surface area contributed by atoms with Crippen LogP contribution in [0.15, 0.2) is 33.8 Å². The van der Waals surface area contributed by atoms with Gasteiger partial charge in [0.2, 0.25) is 0 Å². The Morgan fingerprint density at radius 3 is 2.58 bits per heavy atom. The first-order chi connectivity index (χ1) is 5.78. The zero-order valence-electron chi connectivity index (χ0n) is 6.53. The molecule has 3 nitrogen and oxygen atoms in total. The van der Waals surface area contributed by atoms with Gasteiger partial charge in [-0.05, 0) is 16.2 Å². The maximum absolute atomic E-state index is 10.3. The third-order valence-corrected chi connectivity index (χ3v) is 1.42. The van der Waals surface area contributed by atoms with Gasteiger partial charge in [0, 0.05) is 5.57 Å². The van der Waals surface area contributed by atoms with Gasteiger partial charge in [-0.25, -0.2) is 0 Å². The standard InChI is InChI=1S/C8H9IO3/c1-12-8(6-11)4-7(5-10)2-3-9/h2-6,10H,1H3/b3-2+,7-5?,8-4?. The van der Waals surface area contributed by atoms with Crippen molar-refractivity contribution >= 4 is 28.9 Å². The highest BCUT2D eigenvalue weighted by molar-refractivity contribution is 14.1. The van der Waals surface area contributed by atoms with Crippen molar-refractivity contribution in [2.75, 3.05) is 7.11 Å². The number of allylic oxidation sites excluding steroid dienone is 4. The smallest absolute Gasteiger partial charge is 0.184 e. The third-order valence-electron chi connectivity index (χ3n) is 1.07. The monoisotopic (exact) mass is 280 g/mol. The Bertz CT molecular complexity index is 228. The van der Waals surface area contributed by atoms with E-state index in [1.165, 1.54) is 13.2 Å². The van der Waals surface area contributed by atoms with E-state index in [1.807, 2.05) is 22.6 Å². The van der Waals surface area contributed by atoms with Gasteiger partial charge in [0.1, 0.15) is 0 Å². The summed E-state index contributed by atoms with van der Waals surface area (Å²) >= 11 is 2.01. The maximum Gasteiger partial charge on any atom is 0.184 e. The predicted octanol–water partition coefficient (Wildman–Crippen LogP) is 2.11. The Morgan fingerprint density at radius 2 is 2.25 bits per heavy atom. The van der Waals surface area contributed by atoms with E-state index in [-0.39, 0.29) is 5.76 Å². The van der Waals surface area contributed by atoms with Gasteiger partial charge < -0.3 is 9.84 Å². The molecule has 0 bridgehead atoms. The number of carbonyl (C=O) groups excluding carboxylic acids is 1. The Hall–Kier alpha value is -0.780. The molecule has 0 atom stereocenters. The van der Waals surface area contributed by atoms with Crippen molar-refractivity contribution < 1.29 is 14.6 Å². The van der Waals surface area contributed by atoms with Gasteiger partial charge >= 0.3 is 0 Å². The highest BCUT2D eigenvalue weighted by Crippen LogP contribution is 2.04. The quantitative estimate of drug-likeness (QED) is 0.282. The minimum Gasteiger partial charge on any atom is -0.515 e. The van der Waals surface area contributed by atoms with Crippen molar-refractivity contribution in [2.45, 2.75) is 0 Å². The first-order valence-corrected chi connectivity index (χ1v) is 4.35. The van der Waals surface area contributed by atoms with Crippen molar-refractivity contribution in [3.05, 3.63) is 33.8 Å². The molecule has 0 aliphatic heterocycles. The van der Waals surface area contributed by atoms with Gasteiger partial charge in [0.15, 0.2) is 12.0 Å². The average Bonchev–Trinajstić information content (AvgIpc) is 2.12. The lowest BCUT2D eigenvalue weighted by molar-refractivity contribution is -0.107. The van der Waals surface area contributed by atoms with Crippen LogP contribution in [0.4, 0.5) is 0 Å². The molecule has 66 valence electrons. The summed E-state index contributed by atoms with van der Waals surface area (Å²) in [4.78, 5) is 10.3. The lowest BCUT2D eigenvalue weighted by Crippen LogP contribution is -1.88. The molecule has 1 N–H and O–H groups in total. The van der Waals surface area contributed by atoms with Crippen LogP contribution >= 0.6 is 22.6 Å². The van der Waals surface area contributed by atoms with Gasteiger partial charge in [0.05, 0.1) is 13.4 Å². The molecule has 0 aromatic carbocycles. The molecule has 0 aliphatic rings. The second-order valence-corrected chi connectivity index (χ2v) is 2.51. The molecular formula is C8H9IO3. The molecule has 0 saturated carbocycles. The molecule has 0 spiro atoms. The van der Waals surface area contributed by atoms with E-state index in [0.29, 0.717) is 11.9 Å². The largest absolute Gasteiger partial charge is 0.515 e. The van der Waals surface area contributed by atoms with Gasteiger partial charge in [-0.1, -0.05) is 22.6 Å². The average molecular weight is 280 g/mol. The molecule has 0 unspecified atom stereocenters. The number of methoxy groups -OCH3 is 1. The topological polar surface area (TPSA) is 46.5 Å². The van der Waals surface area contributed by atoms with E-state index in [1.54, 1.807) is 10.2 Å². The number of halogens is 1. The minimum atomic E-state index is 0.171. The Kier molecular flexibility index (Phi) is 6.45. The summed E-state index contributed by atoms with van der Waals surface area (Å²) in [5, 5.41) is 8.66. The molecule has 0 heterocycles. The summed E-state index contributed by atoms with van der Waals surface area (Å²) < 4.78 is 6.40. The molecule has 0 fully saturated rings. The predicted molar refractivity (Wildman–Crippen MR) is 55.0 cm³/mol. The van der Waals surface area contributed by atoms with Crippen LogP contribution in [0.25, 0.3) is 0 Å². The first-order valence-electron chi connectivity index (χ1n) is 3.10. The number of aldehydes is 1. The maximum atomic E-state index is 10.3. The van der Waals surface area contributed by atoms with E-state index < -0.39 is 0 Å². The zero-order valence-corrected chi connectivity index (χ0v) is 8.69. The molecular weight excluding hydrogens is 271 g/mol. The second-order valence-electron chi connectivity index (χ2n) is 1.79. The van der Waals surface area contributed by atoms with Gasteiger partial charge in [-0.3, -0.25) is 4.79 Å². The van der Waals surface area contributed by atoms with Gasteiger partial charge in [-0.15, -0.1) is 0 Å². The van der Waals surface area contributed by atoms with E-state index in [2.05, 4.69) is 4.74 Å². The van der Waals surface area contributed by atoms with Gasteiger partial charge in [-0.2, -0.15) is 0 Å². The fraction of sp³-hybridized carbons (Fsp3) is 0.125. The van der Waals surface area contributed by atoms with Gasteiger partial charge in [0.25, 0.3) is 0 Å². The number of aliphatic hydroxyl groups excluding tert-OH is 1. The Labute approximate surface area is 84.6 Å². The molecule has 12 heavy (non-hydrogen) atoms. The van der Waals surface area contributed by atoms with Crippen LogP contribution in [-0.2, 0) is 9.53 Å². The third kappa shape index (κ3) is 4.17. The summed E-state index contributed by atoms with van der Waals surface area (Å²) in [6, 6.07) is 0. The highest BCUT2D eigenvalue weighted by Gasteiger charge is 1.93. The van der Waals surface area contributed by atoms with E-state index in [4.69, 9.17) is 5.11 Å². The minimum absolute atomic E-state index is 0.171. The molecule has 0 aliphatic carbocycles.